The zero-order chi connectivity index (χ0) is 13.8. The molecule has 0 aliphatic rings. The number of hydrogen-bond acceptors (Lipinski definition) is 2. The first-order valence-electron chi connectivity index (χ1n) is 5.91. The summed E-state index contributed by atoms with van der Waals surface area (Å²) in [5.74, 6) is -0.931. The van der Waals surface area contributed by atoms with E-state index in [4.69, 9.17) is 16.7 Å². The second kappa shape index (κ2) is 5.76. The van der Waals surface area contributed by atoms with Crippen LogP contribution < -0.4 is 5.32 Å². The van der Waals surface area contributed by atoms with E-state index in [1.54, 1.807) is 18.2 Å². The van der Waals surface area contributed by atoms with Crippen molar-refractivity contribution in [2.75, 3.05) is 5.32 Å². The molecule has 0 bridgehead atoms. The van der Waals surface area contributed by atoms with Gasteiger partial charge in [-0.25, -0.2) is 4.79 Å². The van der Waals surface area contributed by atoms with Crippen LogP contribution in [0.3, 0.4) is 0 Å². The summed E-state index contributed by atoms with van der Waals surface area (Å²) in [6.07, 6.45) is 0. The molecule has 1 unspecified atom stereocenters. The Morgan fingerprint density at radius 1 is 1.21 bits per heavy atom. The average Bonchev–Trinajstić information content (AvgIpc) is 2.39. The first-order valence-corrected chi connectivity index (χ1v) is 6.29. The van der Waals surface area contributed by atoms with Crippen LogP contribution in [-0.4, -0.2) is 11.1 Å². The molecule has 0 fully saturated rings. The number of benzene rings is 2. The summed E-state index contributed by atoms with van der Waals surface area (Å²) in [7, 11) is 0. The minimum Gasteiger partial charge on any atom is -0.478 e. The van der Waals surface area contributed by atoms with E-state index in [1.807, 2.05) is 37.3 Å². The van der Waals surface area contributed by atoms with Crippen molar-refractivity contribution in [2.45, 2.75) is 13.0 Å². The van der Waals surface area contributed by atoms with Crippen molar-refractivity contribution in [2.24, 2.45) is 0 Å². The Morgan fingerprint density at radius 2 is 1.95 bits per heavy atom. The van der Waals surface area contributed by atoms with Gasteiger partial charge in [-0.05, 0) is 42.8 Å². The fraction of sp³-hybridized carbons (Fsp3) is 0.133. The van der Waals surface area contributed by atoms with Crippen molar-refractivity contribution in [3.05, 3.63) is 64.7 Å². The van der Waals surface area contributed by atoms with Crippen LogP contribution in [0, 0.1) is 0 Å². The minimum absolute atomic E-state index is 0.0442. The third-order valence-corrected chi connectivity index (χ3v) is 3.08. The standard InChI is InChI=1S/C15H14ClNO2/c1-10(11-4-2-6-13(16)8-11)17-14-7-3-5-12(9-14)15(18)19/h2-10,17H,1H3,(H,18,19). The van der Waals surface area contributed by atoms with Crippen LogP contribution in [0.1, 0.15) is 28.9 Å². The number of carboxylic acids is 1. The van der Waals surface area contributed by atoms with Gasteiger partial charge < -0.3 is 10.4 Å². The minimum atomic E-state index is -0.931. The van der Waals surface area contributed by atoms with E-state index in [9.17, 15) is 4.79 Å². The summed E-state index contributed by atoms with van der Waals surface area (Å²) < 4.78 is 0. The number of anilines is 1. The van der Waals surface area contributed by atoms with Gasteiger partial charge in [0.25, 0.3) is 0 Å². The van der Waals surface area contributed by atoms with E-state index in [2.05, 4.69) is 5.32 Å². The summed E-state index contributed by atoms with van der Waals surface area (Å²) in [6.45, 7) is 2.00. The maximum Gasteiger partial charge on any atom is 0.335 e. The van der Waals surface area contributed by atoms with Gasteiger partial charge in [0.1, 0.15) is 0 Å². The number of rotatable bonds is 4. The highest BCUT2D eigenvalue weighted by Crippen LogP contribution is 2.22. The zero-order valence-electron chi connectivity index (χ0n) is 10.4. The molecule has 0 amide bonds. The van der Waals surface area contributed by atoms with Gasteiger partial charge in [0.2, 0.25) is 0 Å². The number of carboxylic acid groups (broad SMARTS) is 1. The molecule has 0 radical (unpaired) electrons. The second-order valence-corrected chi connectivity index (χ2v) is 4.74. The van der Waals surface area contributed by atoms with Gasteiger partial charge >= 0.3 is 5.97 Å². The van der Waals surface area contributed by atoms with Crippen LogP contribution in [0.15, 0.2) is 48.5 Å². The SMILES string of the molecule is CC(Nc1cccc(C(=O)O)c1)c1cccc(Cl)c1. The lowest BCUT2D eigenvalue weighted by molar-refractivity contribution is 0.0697. The first-order chi connectivity index (χ1) is 9.06. The number of hydrogen-bond donors (Lipinski definition) is 2. The van der Waals surface area contributed by atoms with Crippen molar-refractivity contribution in [1.82, 2.24) is 0 Å². The fourth-order valence-electron chi connectivity index (χ4n) is 1.85. The van der Waals surface area contributed by atoms with Crippen LogP contribution in [-0.2, 0) is 0 Å². The molecule has 0 heterocycles. The Labute approximate surface area is 116 Å². The first kappa shape index (κ1) is 13.4. The Bertz CT molecular complexity index is 598. The van der Waals surface area contributed by atoms with Gasteiger partial charge in [0, 0.05) is 16.8 Å². The molecule has 2 N–H and O–H groups in total. The second-order valence-electron chi connectivity index (χ2n) is 4.31. The average molecular weight is 276 g/mol. The molecule has 2 rings (SSSR count). The number of nitrogens with one attached hydrogen (secondary N) is 1. The Kier molecular flexibility index (Phi) is 4.07. The number of carbonyl (C=O) groups is 1. The van der Waals surface area contributed by atoms with Crippen molar-refractivity contribution in [3.8, 4) is 0 Å². The van der Waals surface area contributed by atoms with E-state index in [-0.39, 0.29) is 11.6 Å². The van der Waals surface area contributed by atoms with E-state index in [1.165, 1.54) is 0 Å². The van der Waals surface area contributed by atoms with Gasteiger partial charge in [-0.15, -0.1) is 0 Å². The molecule has 0 aromatic heterocycles. The highest BCUT2D eigenvalue weighted by molar-refractivity contribution is 6.30. The lowest BCUT2D eigenvalue weighted by Gasteiger charge is -2.16. The van der Waals surface area contributed by atoms with Crippen LogP contribution in [0.4, 0.5) is 5.69 Å². The lowest BCUT2D eigenvalue weighted by Crippen LogP contribution is -2.07. The quantitative estimate of drug-likeness (QED) is 0.879. The lowest BCUT2D eigenvalue weighted by atomic mass is 10.1. The monoisotopic (exact) mass is 275 g/mol. The molecular weight excluding hydrogens is 262 g/mol. The van der Waals surface area contributed by atoms with Crippen molar-refractivity contribution in [3.63, 3.8) is 0 Å². The third kappa shape index (κ3) is 3.48. The molecule has 0 aliphatic carbocycles. The topological polar surface area (TPSA) is 49.3 Å². The van der Waals surface area contributed by atoms with E-state index in [0.29, 0.717) is 5.02 Å². The predicted molar refractivity (Wildman–Crippen MR) is 76.9 cm³/mol. The van der Waals surface area contributed by atoms with Gasteiger partial charge in [-0.3, -0.25) is 0 Å². The van der Waals surface area contributed by atoms with Gasteiger partial charge in [0.05, 0.1) is 5.56 Å². The molecule has 2 aromatic carbocycles. The molecule has 0 spiro atoms. The molecule has 2 aromatic rings. The number of halogens is 1. The smallest absolute Gasteiger partial charge is 0.335 e. The van der Waals surface area contributed by atoms with E-state index >= 15 is 0 Å². The third-order valence-electron chi connectivity index (χ3n) is 2.84. The van der Waals surface area contributed by atoms with Crippen LogP contribution in [0.25, 0.3) is 0 Å². The van der Waals surface area contributed by atoms with Crippen molar-refractivity contribution < 1.29 is 9.90 Å². The van der Waals surface area contributed by atoms with Crippen LogP contribution >= 0.6 is 11.6 Å². The highest BCUT2D eigenvalue weighted by Gasteiger charge is 2.08. The van der Waals surface area contributed by atoms with Gasteiger partial charge in [-0.2, -0.15) is 0 Å². The fourth-order valence-corrected chi connectivity index (χ4v) is 2.05. The van der Waals surface area contributed by atoms with E-state index in [0.717, 1.165) is 11.3 Å². The molecule has 3 nitrogen and oxygen atoms in total. The van der Waals surface area contributed by atoms with E-state index < -0.39 is 5.97 Å². The Morgan fingerprint density at radius 3 is 2.63 bits per heavy atom. The summed E-state index contributed by atoms with van der Waals surface area (Å²) in [6, 6.07) is 14.4. The summed E-state index contributed by atoms with van der Waals surface area (Å²) in [5, 5.41) is 12.9. The maximum absolute atomic E-state index is 10.9. The number of aromatic carboxylic acids is 1. The molecule has 0 aliphatic heterocycles. The Hall–Kier alpha value is -2.00. The maximum atomic E-state index is 10.9. The van der Waals surface area contributed by atoms with Crippen molar-refractivity contribution >= 4 is 23.3 Å². The molecule has 0 saturated heterocycles. The largest absolute Gasteiger partial charge is 0.478 e. The zero-order valence-corrected chi connectivity index (χ0v) is 11.2. The predicted octanol–water partition coefficient (Wildman–Crippen LogP) is 4.21. The summed E-state index contributed by atoms with van der Waals surface area (Å²) in [5.41, 5.74) is 2.09. The molecule has 98 valence electrons. The van der Waals surface area contributed by atoms with Gasteiger partial charge in [0.15, 0.2) is 0 Å². The van der Waals surface area contributed by atoms with Crippen LogP contribution in [0.2, 0.25) is 5.02 Å². The molecule has 4 heteroatoms. The summed E-state index contributed by atoms with van der Waals surface area (Å²) in [4.78, 5) is 10.9. The molecule has 0 saturated carbocycles. The summed E-state index contributed by atoms with van der Waals surface area (Å²) >= 11 is 5.95. The van der Waals surface area contributed by atoms with Crippen molar-refractivity contribution in [1.29, 1.82) is 0 Å². The van der Waals surface area contributed by atoms with Crippen LogP contribution in [0.5, 0.6) is 0 Å². The highest BCUT2D eigenvalue weighted by atomic mass is 35.5. The normalized spacial score (nSPS) is 11.9. The Balaban J connectivity index is 2.17. The molecular formula is C15H14ClNO2. The molecule has 1 atom stereocenters. The van der Waals surface area contributed by atoms with Gasteiger partial charge in [-0.1, -0.05) is 29.8 Å². The molecule has 19 heavy (non-hydrogen) atoms.